The van der Waals surface area contributed by atoms with E-state index in [-0.39, 0.29) is 17.3 Å². The van der Waals surface area contributed by atoms with Gasteiger partial charge in [-0.3, -0.25) is 0 Å². The molecule has 3 rings (SSSR count). The van der Waals surface area contributed by atoms with E-state index in [0.717, 1.165) is 31.5 Å². The zero-order valence-corrected chi connectivity index (χ0v) is 13.1. The molecule has 0 atom stereocenters. The SMILES string of the molecule is N#Cc1c(C2CCNCC2)cc(-c2cccc(C(=O)O)c2)nc1N. The van der Waals surface area contributed by atoms with Gasteiger partial charge in [-0.25, -0.2) is 9.78 Å². The van der Waals surface area contributed by atoms with Crippen LogP contribution < -0.4 is 11.1 Å². The maximum absolute atomic E-state index is 11.2. The number of hydrogen-bond donors (Lipinski definition) is 3. The van der Waals surface area contributed by atoms with E-state index in [1.165, 1.54) is 6.07 Å². The summed E-state index contributed by atoms with van der Waals surface area (Å²) in [5.74, 6) is -0.533. The topological polar surface area (TPSA) is 112 Å². The summed E-state index contributed by atoms with van der Waals surface area (Å²) in [6.45, 7) is 1.81. The highest BCUT2D eigenvalue weighted by Crippen LogP contribution is 2.33. The van der Waals surface area contributed by atoms with E-state index >= 15 is 0 Å². The third-order valence-corrected chi connectivity index (χ3v) is 4.37. The number of nitrogens with two attached hydrogens (primary N) is 1. The number of rotatable bonds is 3. The van der Waals surface area contributed by atoms with Gasteiger partial charge in [-0.2, -0.15) is 5.26 Å². The van der Waals surface area contributed by atoms with Gasteiger partial charge in [0.15, 0.2) is 0 Å². The molecule has 4 N–H and O–H groups in total. The summed E-state index contributed by atoms with van der Waals surface area (Å²) in [5, 5.41) is 21.9. The molecule has 0 aliphatic carbocycles. The molecule has 2 heterocycles. The number of benzene rings is 1. The Morgan fingerprint density at radius 1 is 1.33 bits per heavy atom. The van der Waals surface area contributed by atoms with Crippen molar-refractivity contribution in [2.24, 2.45) is 0 Å². The molecule has 1 fully saturated rings. The maximum atomic E-state index is 11.2. The highest BCUT2D eigenvalue weighted by molar-refractivity contribution is 5.89. The highest BCUT2D eigenvalue weighted by atomic mass is 16.4. The molecule has 1 saturated heterocycles. The number of hydrogen-bond acceptors (Lipinski definition) is 5. The van der Waals surface area contributed by atoms with Crippen LogP contribution in [0.5, 0.6) is 0 Å². The van der Waals surface area contributed by atoms with Crippen LogP contribution in [0, 0.1) is 11.3 Å². The number of nitriles is 1. The molecule has 1 aromatic heterocycles. The second-order valence-corrected chi connectivity index (χ2v) is 5.88. The number of aromatic carboxylic acids is 1. The molecule has 0 saturated carbocycles. The van der Waals surface area contributed by atoms with Crippen molar-refractivity contribution in [2.45, 2.75) is 18.8 Å². The lowest BCUT2D eigenvalue weighted by molar-refractivity contribution is 0.0697. The lowest BCUT2D eigenvalue weighted by Crippen LogP contribution is -2.27. The second-order valence-electron chi connectivity index (χ2n) is 5.88. The molecule has 0 spiro atoms. The molecule has 0 radical (unpaired) electrons. The lowest BCUT2D eigenvalue weighted by atomic mass is 9.87. The van der Waals surface area contributed by atoms with E-state index in [9.17, 15) is 10.1 Å². The number of nitrogens with one attached hydrogen (secondary N) is 1. The average Bonchev–Trinajstić information content (AvgIpc) is 2.62. The third-order valence-electron chi connectivity index (χ3n) is 4.37. The third kappa shape index (κ3) is 3.07. The maximum Gasteiger partial charge on any atom is 0.335 e. The van der Waals surface area contributed by atoms with Crippen molar-refractivity contribution in [3.05, 3.63) is 47.0 Å². The summed E-state index contributed by atoms with van der Waals surface area (Å²) in [6.07, 6.45) is 1.87. The zero-order chi connectivity index (χ0) is 17.1. The molecule has 122 valence electrons. The van der Waals surface area contributed by atoms with Gasteiger partial charge in [0.1, 0.15) is 11.9 Å². The smallest absolute Gasteiger partial charge is 0.335 e. The molecule has 0 unspecified atom stereocenters. The van der Waals surface area contributed by atoms with Crippen molar-refractivity contribution in [1.82, 2.24) is 10.3 Å². The van der Waals surface area contributed by atoms with Crippen molar-refractivity contribution in [1.29, 1.82) is 5.26 Å². The molecule has 6 heteroatoms. The fourth-order valence-electron chi connectivity index (χ4n) is 3.12. The molecule has 1 aliphatic heterocycles. The molecule has 1 aromatic carbocycles. The Labute approximate surface area is 139 Å². The van der Waals surface area contributed by atoms with Gasteiger partial charge >= 0.3 is 5.97 Å². The summed E-state index contributed by atoms with van der Waals surface area (Å²) < 4.78 is 0. The first-order valence-electron chi connectivity index (χ1n) is 7.85. The van der Waals surface area contributed by atoms with Crippen LogP contribution in [-0.4, -0.2) is 29.1 Å². The standard InChI is InChI=1S/C18H18N4O2/c19-10-15-14(11-4-6-21-7-5-11)9-16(22-17(15)20)12-2-1-3-13(8-12)18(23)24/h1-3,8-9,11,21H,4-7H2,(H2,20,22)(H,23,24). The monoisotopic (exact) mass is 322 g/mol. The molecule has 6 nitrogen and oxygen atoms in total. The predicted octanol–water partition coefficient (Wildman–Crippen LogP) is 2.37. The summed E-state index contributed by atoms with van der Waals surface area (Å²) in [6, 6.07) is 10.6. The van der Waals surface area contributed by atoms with Gasteiger partial charge in [0, 0.05) is 5.56 Å². The first kappa shape index (κ1) is 16.0. The van der Waals surface area contributed by atoms with E-state index in [4.69, 9.17) is 10.8 Å². The van der Waals surface area contributed by atoms with Gasteiger partial charge in [0.25, 0.3) is 0 Å². The number of aromatic nitrogens is 1. The van der Waals surface area contributed by atoms with Crippen LogP contribution in [-0.2, 0) is 0 Å². The summed E-state index contributed by atoms with van der Waals surface area (Å²) in [4.78, 5) is 15.5. The Morgan fingerprint density at radius 2 is 2.08 bits per heavy atom. The van der Waals surface area contributed by atoms with Crippen molar-refractivity contribution in [3.63, 3.8) is 0 Å². The molecule has 0 bridgehead atoms. The molecule has 0 amide bonds. The van der Waals surface area contributed by atoms with E-state index < -0.39 is 5.97 Å². The lowest BCUT2D eigenvalue weighted by Gasteiger charge is -2.24. The molecular formula is C18H18N4O2. The Morgan fingerprint density at radius 3 is 2.75 bits per heavy atom. The molecule has 24 heavy (non-hydrogen) atoms. The van der Waals surface area contributed by atoms with Crippen LogP contribution in [0.25, 0.3) is 11.3 Å². The number of carboxylic acid groups (broad SMARTS) is 1. The minimum Gasteiger partial charge on any atom is -0.478 e. The van der Waals surface area contributed by atoms with Gasteiger partial charge in [0.05, 0.1) is 16.8 Å². The van der Waals surface area contributed by atoms with Crippen molar-refractivity contribution < 1.29 is 9.90 Å². The normalized spacial score (nSPS) is 15.0. The first-order valence-corrected chi connectivity index (χ1v) is 7.85. The minimum atomic E-state index is -0.989. The van der Waals surface area contributed by atoms with Crippen LogP contribution >= 0.6 is 0 Å². The van der Waals surface area contributed by atoms with Crippen molar-refractivity contribution >= 4 is 11.8 Å². The number of piperidine rings is 1. The number of nitrogens with zero attached hydrogens (tertiary/aromatic N) is 2. The highest BCUT2D eigenvalue weighted by Gasteiger charge is 2.22. The van der Waals surface area contributed by atoms with Crippen molar-refractivity contribution in [2.75, 3.05) is 18.8 Å². The van der Waals surface area contributed by atoms with Crippen molar-refractivity contribution in [3.8, 4) is 17.3 Å². The minimum absolute atomic E-state index is 0.195. The van der Waals surface area contributed by atoms with E-state index in [1.54, 1.807) is 18.2 Å². The van der Waals surface area contributed by atoms with Crippen LogP contribution in [0.1, 0.15) is 40.2 Å². The largest absolute Gasteiger partial charge is 0.478 e. The zero-order valence-electron chi connectivity index (χ0n) is 13.1. The summed E-state index contributed by atoms with van der Waals surface area (Å²) >= 11 is 0. The molecule has 2 aromatic rings. The fraction of sp³-hybridized carbons (Fsp3) is 0.278. The van der Waals surface area contributed by atoms with Crippen LogP contribution in [0.15, 0.2) is 30.3 Å². The number of pyridine rings is 1. The Hall–Kier alpha value is -2.91. The molecular weight excluding hydrogens is 304 g/mol. The number of carboxylic acids is 1. The fourth-order valence-corrected chi connectivity index (χ4v) is 3.12. The van der Waals surface area contributed by atoms with Gasteiger partial charge in [0.2, 0.25) is 0 Å². The van der Waals surface area contributed by atoms with E-state index in [0.29, 0.717) is 16.8 Å². The van der Waals surface area contributed by atoms with Crippen LogP contribution in [0.3, 0.4) is 0 Å². The summed E-state index contributed by atoms with van der Waals surface area (Å²) in [7, 11) is 0. The molecule has 1 aliphatic rings. The predicted molar refractivity (Wildman–Crippen MR) is 90.6 cm³/mol. The van der Waals surface area contributed by atoms with E-state index in [1.807, 2.05) is 6.07 Å². The Kier molecular flexibility index (Phi) is 4.45. The van der Waals surface area contributed by atoms with Crippen LogP contribution in [0.4, 0.5) is 5.82 Å². The average molecular weight is 322 g/mol. The van der Waals surface area contributed by atoms with Gasteiger partial charge < -0.3 is 16.2 Å². The summed E-state index contributed by atoms with van der Waals surface area (Å²) in [5.41, 5.74) is 8.82. The number of nitrogen functional groups attached to an aromatic ring is 1. The van der Waals surface area contributed by atoms with E-state index in [2.05, 4.69) is 16.4 Å². The van der Waals surface area contributed by atoms with Gasteiger partial charge in [-0.05, 0) is 55.6 Å². The quantitative estimate of drug-likeness (QED) is 0.800. The van der Waals surface area contributed by atoms with Gasteiger partial charge in [-0.1, -0.05) is 12.1 Å². The van der Waals surface area contributed by atoms with Crippen LogP contribution in [0.2, 0.25) is 0 Å². The Bertz CT molecular complexity index is 820. The number of anilines is 1. The number of carbonyl (C=O) groups is 1. The first-order chi connectivity index (χ1) is 11.6. The Balaban J connectivity index is 2.09. The van der Waals surface area contributed by atoms with Gasteiger partial charge in [-0.15, -0.1) is 0 Å². The second kappa shape index (κ2) is 6.69.